The predicted molar refractivity (Wildman–Crippen MR) is 94.0 cm³/mol. The topological polar surface area (TPSA) is 39.4 Å². The number of benzene rings is 2. The Hall–Kier alpha value is -3.04. The molecule has 0 saturated heterocycles. The third-order valence-electron chi connectivity index (χ3n) is 4.29. The van der Waals surface area contributed by atoms with Gasteiger partial charge in [-0.15, -0.1) is 0 Å². The molecule has 0 bridgehead atoms. The highest BCUT2D eigenvalue weighted by molar-refractivity contribution is 5.82. The first-order valence-corrected chi connectivity index (χ1v) is 8.51. The van der Waals surface area contributed by atoms with Crippen LogP contribution in [0.5, 0.6) is 5.75 Å². The second-order valence-corrected chi connectivity index (χ2v) is 6.39. The summed E-state index contributed by atoms with van der Waals surface area (Å²) in [5.41, 5.74) is 0.249. The first-order valence-electron chi connectivity index (χ1n) is 8.51. The van der Waals surface area contributed by atoms with Gasteiger partial charge in [0.1, 0.15) is 11.3 Å². The Morgan fingerprint density at radius 2 is 1.53 bits per heavy atom. The molecule has 0 aliphatic carbocycles. The Morgan fingerprint density at radius 3 is 2.17 bits per heavy atom. The molecular formula is C20H13F7O3. The zero-order valence-electron chi connectivity index (χ0n) is 15.0. The van der Waals surface area contributed by atoms with E-state index in [1.807, 2.05) is 0 Å². The van der Waals surface area contributed by atoms with Crippen molar-refractivity contribution in [3.8, 4) is 16.9 Å². The number of alkyl halides is 7. The second-order valence-electron chi connectivity index (χ2n) is 6.39. The van der Waals surface area contributed by atoms with Crippen molar-refractivity contribution in [3.63, 3.8) is 0 Å². The number of ether oxygens (including phenoxy) is 1. The first-order chi connectivity index (χ1) is 13.9. The summed E-state index contributed by atoms with van der Waals surface area (Å²) in [6, 6.07) is 14.0. The molecule has 0 amide bonds. The van der Waals surface area contributed by atoms with Crippen LogP contribution in [0.25, 0.3) is 22.1 Å². The van der Waals surface area contributed by atoms with Crippen LogP contribution in [-0.4, -0.2) is 24.6 Å². The van der Waals surface area contributed by atoms with Gasteiger partial charge in [0.05, 0.1) is 18.6 Å². The number of fused-ring (bicyclic) bond motifs is 1. The fraction of sp³-hybridized carbons (Fsp3) is 0.250. The van der Waals surface area contributed by atoms with Crippen molar-refractivity contribution < 1.29 is 39.9 Å². The average Bonchev–Trinajstić information content (AvgIpc) is 2.67. The zero-order valence-corrected chi connectivity index (χ0v) is 15.0. The summed E-state index contributed by atoms with van der Waals surface area (Å²) in [4.78, 5) is 12.2. The normalized spacial score (nSPS) is 12.9. The molecule has 1 heterocycles. The Bertz CT molecular complexity index is 1090. The zero-order chi connectivity index (χ0) is 22.2. The van der Waals surface area contributed by atoms with E-state index >= 15 is 0 Å². The number of halogens is 7. The van der Waals surface area contributed by atoms with E-state index in [1.54, 1.807) is 30.3 Å². The Kier molecular flexibility index (Phi) is 5.53. The van der Waals surface area contributed by atoms with Crippen LogP contribution in [0.3, 0.4) is 0 Å². The monoisotopic (exact) mass is 434 g/mol. The molecule has 160 valence electrons. The largest absolute Gasteiger partial charge is 0.493 e. The quantitative estimate of drug-likeness (QED) is 0.350. The van der Waals surface area contributed by atoms with Gasteiger partial charge in [-0.25, -0.2) is 4.79 Å². The summed E-state index contributed by atoms with van der Waals surface area (Å²) in [7, 11) is 0. The van der Waals surface area contributed by atoms with Crippen molar-refractivity contribution >= 4 is 11.0 Å². The molecule has 0 aliphatic rings. The van der Waals surface area contributed by atoms with Crippen molar-refractivity contribution in [2.24, 2.45) is 0 Å². The van der Waals surface area contributed by atoms with E-state index < -0.39 is 36.7 Å². The molecule has 0 unspecified atom stereocenters. The molecule has 0 saturated carbocycles. The molecule has 10 heteroatoms. The van der Waals surface area contributed by atoms with E-state index in [4.69, 9.17) is 9.15 Å². The van der Waals surface area contributed by atoms with E-state index in [2.05, 4.69) is 0 Å². The molecule has 1 aromatic heterocycles. The molecule has 3 aromatic rings. The lowest BCUT2D eigenvalue weighted by atomic mass is 10.1. The molecule has 0 atom stereocenters. The average molecular weight is 434 g/mol. The SMILES string of the molecule is O=c1oc2cc(OCCC(F)(F)C(F)(F)C(F)(F)F)ccc2cc1-c1ccccc1. The van der Waals surface area contributed by atoms with Crippen LogP contribution in [0.4, 0.5) is 30.7 Å². The van der Waals surface area contributed by atoms with Crippen LogP contribution in [0.2, 0.25) is 0 Å². The highest BCUT2D eigenvalue weighted by Gasteiger charge is 2.72. The van der Waals surface area contributed by atoms with Gasteiger partial charge in [-0.3, -0.25) is 0 Å². The Balaban J connectivity index is 1.76. The summed E-state index contributed by atoms with van der Waals surface area (Å²) in [5, 5.41) is 0.467. The maximum Gasteiger partial charge on any atom is 0.459 e. The molecule has 0 N–H and O–H groups in total. The van der Waals surface area contributed by atoms with Crippen LogP contribution in [0.1, 0.15) is 6.42 Å². The summed E-state index contributed by atoms with van der Waals surface area (Å²) in [6.45, 7) is -1.11. The third kappa shape index (κ3) is 4.12. The van der Waals surface area contributed by atoms with Crippen molar-refractivity contribution in [2.45, 2.75) is 24.4 Å². The fourth-order valence-electron chi connectivity index (χ4n) is 2.66. The second kappa shape index (κ2) is 7.66. The minimum absolute atomic E-state index is 0.0320. The minimum atomic E-state index is -6.39. The van der Waals surface area contributed by atoms with Crippen molar-refractivity contribution in [1.82, 2.24) is 0 Å². The molecule has 3 rings (SSSR count). The number of hydrogen-bond donors (Lipinski definition) is 0. The predicted octanol–water partition coefficient (Wildman–Crippen LogP) is 6.06. The summed E-state index contributed by atoms with van der Waals surface area (Å²) in [5.74, 6) is -11.7. The first kappa shape index (κ1) is 21.7. The lowest BCUT2D eigenvalue weighted by Gasteiger charge is -2.28. The molecule has 30 heavy (non-hydrogen) atoms. The smallest absolute Gasteiger partial charge is 0.459 e. The standard InChI is InChI=1S/C20H13F7O3/c21-18(22,19(23,24)20(25,26)27)8-9-29-14-7-6-13-10-15(12-4-2-1-3-5-12)17(28)30-16(13)11-14/h1-7,10-11H,8-9H2. The highest BCUT2D eigenvalue weighted by Crippen LogP contribution is 2.48. The van der Waals surface area contributed by atoms with Gasteiger partial charge in [0.25, 0.3) is 0 Å². The Labute approximate surface area is 164 Å². The molecule has 0 radical (unpaired) electrons. The summed E-state index contributed by atoms with van der Waals surface area (Å²) < 4.78 is 98.8. The van der Waals surface area contributed by atoms with Crippen molar-refractivity contribution in [2.75, 3.05) is 6.61 Å². The minimum Gasteiger partial charge on any atom is -0.493 e. The van der Waals surface area contributed by atoms with Gasteiger partial charge >= 0.3 is 23.6 Å². The van der Waals surface area contributed by atoms with E-state index in [0.29, 0.717) is 10.9 Å². The van der Waals surface area contributed by atoms with Crippen LogP contribution in [0.15, 0.2) is 63.8 Å². The van der Waals surface area contributed by atoms with Gasteiger partial charge in [-0.05, 0) is 23.8 Å². The van der Waals surface area contributed by atoms with E-state index in [0.717, 1.165) is 6.07 Å². The third-order valence-corrected chi connectivity index (χ3v) is 4.29. The van der Waals surface area contributed by atoms with Crippen molar-refractivity contribution in [1.29, 1.82) is 0 Å². The maximum atomic E-state index is 13.3. The van der Waals surface area contributed by atoms with Gasteiger partial charge in [-0.1, -0.05) is 30.3 Å². The molecule has 3 nitrogen and oxygen atoms in total. The lowest BCUT2D eigenvalue weighted by Crippen LogP contribution is -2.52. The molecule has 0 aliphatic heterocycles. The highest BCUT2D eigenvalue weighted by atomic mass is 19.4. The summed E-state index contributed by atoms with van der Waals surface area (Å²) >= 11 is 0. The van der Waals surface area contributed by atoms with Crippen LogP contribution >= 0.6 is 0 Å². The van der Waals surface area contributed by atoms with Gasteiger partial charge in [0.15, 0.2) is 0 Å². The van der Waals surface area contributed by atoms with Gasteiger partial charge in [0.2, 0.25) is 0 Å². The van der Waals surface area contributed by atoms with E-state index in [9.17, 15) is 35.5 Å². The van der Waals surface area contributed by atoms with Crippen LogP contribution < -0.4 is 10.4 Å². The number of hydrogen-bond acceptors (Lipinski definition) is 3. The van der Waals surface area contributed by atoms with Gasteiger partial charge in [0, 0.05) is 11.5 Å². The van der Waals surface area contributed by atoms with E-state index in [-0.39, 0.29) is 16.9 Å². The van der Waals surface area contributed by atoms with Crippen LogP contribution in [-0.2, 0) is 0 Å². The van der Waals surface area contributed by atoms with Crippen LogP contribution in [0, 0.1) is 0 Å². The van der Waals surface area contributed by atoms with Gasteiger partial charge in [-0.2, -0.15) is 30.7 Å². The molecule has 2 aromatic carbocycles. The fourth-order valence-corrected chi connectivity index (χ4v) is 2.66. The Morgan fingerprint density at radius 1 is 0.867 bits per heavy atom. The molecule has 0 spiro atoms. The number of rotatable bonds is 6. The van der Waals surface area contributed by atoms with E-state index in [1.165, 1.54) is 18.2 Å². The maximum absolute atomic E-state index is 13.3. The molecule has 0 fully saturated rings. The lowest BCUT2D eigenvalue weighted by molar-refractivity contribution is -0.356. The van der Waals surface area contributed by atoms with Gasteiger partial charge < -0.3 is 9.15 Å². The molecular weight excluding hydrogens is 421 g/mol. The summed E-state index contributed by atoms with van der Waals surface area (Å²) in [6.07, 6.45) is -8.26. The van der Waals surface area contributed by atoms with Crippen molar-refractivity contribution in [3.05, 3.63) is 65.0 Å².